The second-order valence-electron chi connectivity index (χ2n) is 3.09. The van der Waals surface area contributed by atoms with Gasteiger partial charge in [0, 0.05) is 6.54 Å². The molecule has 0 fully saturated rings. The summed E-state index contributed by atoms with van der Waals surface area (Å²) in [5.41, 5.74) is 0. The molecule has 0 aliphatic carbocycles. The highest BCUT2D eigenvalue weighted by Crippen LogP contribution is 2.06. The van der Waals surface area contributed by atoms with Crippen molar-refractivity contribution in [2.24, 2.45) is 0 Å². The number of likely N-dealkylation sites (N-methyl/N-ethyl adjacent to an activating group) is 1. The maximum atomic E-state index is 11.6. The molecule has 0 atom stereocenters. The molecule has 88 valence electrons. The van der Waals surface area contributed by atoms with E-state index in [1.807, 2.05) is 0 Å². The Bertz CT molecular complexity index is 442. The zero-order valence-electron chi connectivity index (χ0n) is 8.93. The first-order valence-corrected chi connectivity index (χ1v) is 6.36. The molecule has 0 saturated heterocycles. The summed E-state index contributed by atoms with van der Waals surface area (Å²) in [4.78, 5) is 11.2. The van der Waals surface area contributed by atoms with E-state index in [1.54, 1.807) is 25.1 Å². The van der Waals surface area contributed by atoms with Crippen molar-refractivity contribution in [3.63, 3.8) is 0 Å². The minimum atomic E-state index is -3.58. The average Bonchev–Trinajstić information content (AvgIpc) is 2.28. The minimum Gasteiger partial charge on any atom is -0.355 e. The van der Waals surface area contributed by atoms with Gasteiger partial charge in [-0.1, -0.05) is 18.2 Å². The third-order valence-electron chi connectivity index (χ3n) is 1.85. The highest BCUT2D eigenvalue weighted by atomic mass is 32.2. The van der Waals surface area contributed by atoms with Gasteiger partial charge in [-0.2, -0.15) is 0 Å². The fourth-order valence-corrected chi connectivity index (χ4v) is 2.11. The first-order valence-electron chi connectivity index (χ1n) is 4.87. The average molecular weight is 242 g/mol. The Morgan fingerprint density at radius 1 is 1.25 bits per heavy atom. The number of benzene rings is 1. The molecule has 5 nitrogen and oxygen atoms in total. The van der Waals surface area contributed by atoms with Crippen LogP contribution in [0.3, 0.4) is 0 Å². The zero-order chi connectivity index (χ0) is 12.0. The summed E-state index contributed by atoms with van der Waals surface area (Å²) in [5.74, 6) is -0.345. The third-order valence-corrected chi connectivity index (χ3v) is 3.27. The largest absolute Gasteiger partial charge is 0.355 e. The maximum Gasteiger partial charge on any atom is 0.241 e. The third kappa shape index (κ3) is 3.63. The Balaban J connectivity index is 2.64. The van der Waals surface area contributed by atoms with E-state index in [4.69, 9.17) is 0 Å². The summed E-state index contributed by atoms with van der Waals surface area (Å²) in [5, 5.41) is 2.50. The van der Waals surface area contributed by atoms with E-state index in [0.717, 1.165) is 0 Å². The Hall–Kier alpha value is -1.40. The molecule has 0 aromatic heterocycles. The molecule has 1 rings (SSSR count). The van der Waals surface area contributed by atoms with Crippen LogP contribution in [-0.4, -0.2) is 27.4 Å². The van der Waals surface area contributed by atoms with Crippen LogP contribution in [0.5, 0.6) is 0 Å². The number of carbonyl (C=O) groups is 1. The highest BCUT2D eigenvalue weighted by molar-refractivity contribution is 7.89. The lowest BCUT2D eigenvalue weighted by Crippen LogP contribution is -2.36. The predicted octanol–water partition coefficient (Wildman–Crippen LogP) is 0.101. The van der Waals surface area contributed by atoms with Crippen LogP contribution in [0.25, 0.3) is 0 Å². The summed E-state index contributed by atoms with van der Waals surface area (Å²) in [6.07, 6.45) is 0. The van der Waals surface area contributed by atoms with Gasteiger partial charge < -0.3 is 5.32 Å². The molecule has 1 aromatic rings. The second kappa shape index (κ2) is 5.62. The quantitative estimate of drug-likeness (QED) is 0.769. The number of hydrogen-bond acceptors (Lipinski definition) is 3. The van der Waals surface area contributed by atoms with Gasteiger partial charge in [0.05, 0.1) is 11.4 Å². The number of sulfonamides is 1. The summed E-state index contributed by atoms with van der Waals surface area (Å²) in [7, 11) is -3.58. The van der Waals surface area contributed by atoms with Gasteiger partial charge >= 0.3 is 0 Å². The predicted molar refractivity (Wildman–Crippen MR) is 60.3 cm³/mol. The summed E-state index contributed by atoms with van der Waals surface area (Å²) in [6.45, 7) is 2.00. The van der Waals surface area contributed by atoms with Gasteiger partial charge in [0.25, 0.3) is 0 Å². The van der Waals surface area contributed by atoms with Crippen molar-refractivity contribution in [1.29, 1.82) is 0 Å². The molecule has 2 N–H and O–H groups in total. The normalized spacial score (nSPS) is 11.1. The van der Waals surface area contributed by atoms with Crippen molar-refractivity contribution < 1.29 is 13.2 Å². The van der Waals surface area contributed by atoms with Crippen LogP contribution in [-0.2, 0) is 14.8 Å². The topological polar surface area (TPSA) is 75.3 Å². The van der Waals surface area contributed by atoms with E-state index >= 15 is 0 Å². The number of hydrogen-bond donors (Lipinski definition) is 2. The molecule has 0 aliphatic rings. The van der Waals surface area contributed by atoms with Crippen molar-refractivity contribution in [3.05, 3.63) is 30.3 Å². The summed E-state index contributed by atoms with van der Waals surface area (Å²) < 4.78 is 25.5. The van der Waals surface area contributed by atoms with Gasteiger partial charge in [-0.3, -0.25) is 4.79 Å². The lowest BCUT2D eigenvalue weighted by Gasteiger charge is -2.06. The lowest BCUT2D eigenvalue weighted by atomic mass is 10.4. The van der Waals surface area contributed by atoms with Gasteiger partial charge in [-0.25, -0.2) is 13.1 Å². The molecule has 0 spiro atoms. The van der Waals surface area contributed by atoms with Crippen LogP contribution >= 0.6 is 0 Å². The van der Waals surface area contributed by atoms with E-state index in [9.17, 15) is 13.2 Å². The molecule has 0 heterocycles. The number of carbonyl (C=O) groups excluding carboxylic acids is 1. The van der Waals surface area contributed by atoms with Crippen LogP contribution in [0, 0.1) is 0 Å². The molecule has 0 aliphatic heterocycles. The van der Waals surface area contributed by atoms with Crippen LogP contribution in [0.1, 0.15) is 6.92 Å². The van der Waals surface area contributed by atoms with Gasteiger partial charge in [0.1, 0.15) is 0 Å². The van der Waals surface area contributed by atoms with E-state index in [1.165, 1.54) is 12.1 Å². The molecule has 0 bridgehead atoms. The molecule has 0 unspecified atom stereocenters. The maximum absolute atomic E-state index is 11.6. The molecule has 1 amide bonds. The summed E-state index contributed by atoms with van der Waals surface area (Å²) >= 11 is 0. The van der Waals surface area contributed by atoms with Crippen LogP contribution < -0.4 is 10.0 Å². The van der Waals surface area contributed by atoms with E-state index in [0.29, 0.717) is 6.54 Å². The van der Waals surface area contributed by atoms with E-state index in [-0.39, 0.29) is 17.3 Å². The molecular formula is C10H14N2O3S. The Kier molecular flexibility index (Phi) is 4.45. The fraction of sp³-hybridized carbons (Fsp3) is 0.300. The minimum absolute atomic E-state index is 0.152. The van der Waals surface area contributed by atoms with E-state index < -0.39 is 10.0 Å². The molecule has 16 heavy (non-hydrogen) atoms. The van der Waals surface area contributed by atoms with Crippen molar-refractivity contribution in [2.45, 2.75) is 11.8 Å². The molecule has 6 heteroatoms. The van der Waals surface area contributed by atoms with Gasteiger partial charge in [-0.05, 0) is 19.1 Å². The first kappa shape index (κ1) is 12.7. The zero-order valence-corrected chi connectivity index (χ0v) is 9.75. The van der Waals surface area contributed by atoms with Crippen molar-refractivity contribution >= 4 is 15.9 Å². The van der Waals surface area contributed by atoms with Crippen molar-refractivity contribution in [2.75, 3.05) is 13.1 Å². The van der Waals surface area contributed by atoms with Gasteiger partial charge in [0.15, 0.2) is 0 Å². The van der Waals surface area contributed by atoms with Gasteiger partial charge in [-0.15, -0.1) is 0 Å². The monoisotopic (exact) mass is 242 g/mol. The number of nitrogens with one attached hydrogen (secondary N) is 2. The second-order valence-corrected chi connectivity index (χ2v) is 4.86. The van der Waals surface area contributed by atoms with Crippen LogP contribution in [0.15, 0.2) is 35.2 Å². The van der Waals surface area contributed by atoms with Crippen LogP contribution in [0.4, 0.5) is 0 Å². The summed E-state index contributed by atoms with van der Waals surface area (Å²) in [6, 6.07) is 7.92. The standard InChI is InChI=1S/C10H14N2O3S/c1-2-11-10(13)8-12-16(14,15)9-6-4-3-5-7-9/h3-7,12H,2,8H2,1H3,(H,11,13). The highest BCUT2D eigenvalue weighted by Gasteiger charge is 2.14. The molecular weight excluding hydrogens is 228 g/mol. The molecule has 1 aromatic carbocycles. The number of amides is 1. The van der Waals surface area contributed by atoms with Crippen molar-refractivity contribution in [1.82, 2.24) is 10.0 Å². The SMILES string of the molecule is CCNC(=O)CNS(=O)(=O)c1ccccc1. The fourth-order valence-electron chi connectivity index (χ4n) is 1.10. The first-order chi connectivity index (χ1) is 7.56. The van der Waals surface area contributed by atoms with Crippen molar-refractivity contribution in [3.8, 4) is 0 Å². The Morgan fingerprint density at radius 2 is 1.88 bits per heavy atom. The van der Waals surface area contributed by atoms with Gasteiger partial charge in [0.2, 0.25) is 15.9 Å². The Labute approximate surface area is 94.9 Å². The Morgan fingerprint density at radius 3 is 2.44 bits per heavy atom. The smallest absolute Gasteiger partial charge is 0.241 e. The molecule has 0 saturated carbocycles. The lowest BCUT2D eigenvalue weighted by molar-refractivity contribution is -0.119. The van der Waals surface area contributed by atoms with E-state index in [2.05, 4.69) is 10.0 Å². The molecule has 0 radical (unpaired) electrons. The van der Waals surface area contributed by atoms with Crippen LogP contribution in [0.2, 0.25) is 0 Å². The number of rotatable bonds is 5.